The SMILES string of the molecule is CC1(N)CCCC23CC12C=Cc1ccc(C(F)(F)F)cc13. The Morgan fingerprint density at radius 1 is 1.19 bits per heavy atom. The Morgan fingerprint density at radius 2 is 1.95 bits per heavy atom. The summed E-state index contributed by atoms with van der Waals surface area (Å²) in [6.45, 7) is 2.05. The van der Waals surface area contributed by atoms with Crippen molar-refractivity contribution < 1.29 is 13.2 Å². The van der Waals surface area contributed by atoms with Crippen LogP contribution in [0.4, 0.5) is 13.2 Å². The molecule has 3 atom stereocenters. The molecule has 3 aliphatic rings. The maximum absolute atomic E-state index is 13.0. The van der Waals surface area contributed by atoms with E-state index >= 15 is 0 Å². The number of hydrogen-bond donors (Lipinski definition) is 1. The first-order chi connectivity index (χ1) is 9.72. The van der Waals surface area contributed by atoms with Gasteiger partial charge in [0.2, 0.25) is 0 Å². The van der Waals surface area contributed by atoms with Gasteiger partial charge in [0.05, 0.1) is 5.56 Å². The number of hydrogen-bond acceptors (Lipinski definition) is 1. The maximum atomic E-state index is 13.0. The van der Waals surface area contributed by atoms with Crippen molar-refractivity contribution in [3.8, 4) is 0 Å². The van der Waals surface area contributed by atoms with E-state index in [2.05, 4.69) is 13.0 Å². The molecule has 2 N–H and O–H groups in total. The normalized spacial score (nSPS) is 40.2. The van der Waals surface area contributed by atoms with Gasteiger partial charge in [-0.15, -0.1) is 0 Å². The predicted molar refractivity (Wildman–Crippen MR) is 75.6 cm³/mol. The van der Waals surface area contributed by atoms with E-state index in [1.165, 1.54) is 12.1 Å². The lowest BCUT2D eigenvalue weighted by Crippen LogP contribution is -2.51. The van der Waals surface area contributed by atoms with Gasteiger partial charge in [-0.1, -0.05) is 24.6 Å². The summed E-state index contributed by atoms with van der Waals surface area (Å²) in [7, 11) is 0. The second-order valence-corrected chi connectivity index (χ2v) is 7.13. The molecule has 1 nitrogen and oxygen atoms in total. The molecule has 2 saturated carbocycles. The van der Waals surface area contributed by atoms with Gasteiger partial charge >= 0.3 is 6.18 Å². The average molecular weight is 293 g/mol. The van der Waals surface area contributed by atoms with Crippen LogP contribution in [-0.4, -0.2) is 5.54 Å². The van der Waals surface area contributed by atoms with Crippen LogP contribution in [0, 0.1) is 5.41 Å². The van der Waals surface area contributed by atoms with Crippen LogP contribution in [0.25, 0.3) is 6.08 Å². The minimum absolute atomic E-state index is 0.143. The molecule has 1 aromatic rings. The lowest BCUT2D eigenvalue weighted by atomic mass is 9.63. The van der Waals surface area contributed by atoms with Crippen LogP contribution in [0.15, 0.2) is 24.3 Å². The fourth-order valence-corrected chi connectivity index (χ4v) is 4.88. The second kappa shape index (κ2) is 3.54. The molecule has 1 aromatic carbocycles. The van der Waals surface area contributed by atoms with E-state index in [1.807, 2.05) is 6.08 Å². The number of nitrogens with two attached hydrogens (primary N) is 1. The first kappa shape index (κ1) is 13.4. The average Bonchev–Trinajstić information content (AvgIpc) is 3.09. The second-order valence-electron chi connectivity index (χ2n) is 7.13. The van der Waals surface area contributed by atoms with Gasteiger partial charge in [-0.2, -0.15) is 13.2 Å². The Kier molecular flexibility index (Phi) is 2.26. The fourth-order valence-electron chi connectivity index (χ4n) is 4.88. The monoisotopic (exact) mass is 293 g/mol. The highest BCUT2D eigenvalue weighted by molar-refractivity contribution is 5.68. The van der Waals surface area contributed by atoms with E-state index < -0.39 is 11.7 Å². The first-order valence-electron chi connectivity index (χ1n) is 7.42. The third-order valence-electron chi connectivity index (χ3n) is 6.07. The van der Waals surface area contributed by atoms with E-state index in [0.717, 1.165) is 36.8 Å². The molecule has 0 saturated heterocycles. The molecular formula is C17H18F3N. The lowest BCUT2D eigenvalue weighted by molar-refractivity contribution is -0.137. The Hall–Kier alpha value is -1.29. The molecule has 3 aliphatic carbocycles. The fraction of sp³-hybridized carbons (Fsp3) is 0.529. The zero-order valence-electron chi connectivity index (χ0n) is 11.9. The van der Waals surface area contributed by atoms with Crippen LogP contribution in [0.1, 0.15) is 49.3 Å². The van der Waals surface area contributed by atoms with Crippen molar-refractivity contribution in [1.82, 2.24) is 0 Å². The highest BCUT2D eigenvalue weighted by atomic mass is 19.4. The number of fused-ring (bicyclic) bond motifs is 1. The minimum atomic E-state index is -4.29. The van der Waals surface area contributed by atoms with E-state index in [-0.39, 0.29) is 16.4 Å². The Balaban J connectivity index is 1.90. The highest BCUT2D eigenvalue weighted by Gasteiger charge is 2.75. The molecule has 0 aromatic heterocycles. The van der Waals surface area contributed by atoms with Gasteiger partial charge in [-0.25, -0.2) is 0 Å². The van der Waals surface area contributed by atoms with Gasteiger partial charge in [-0.3, -0.25) is 0 Å². The summed E-state index contributed by atoms with van der Waals surface area (Å²) in [5.41, 5.74) is 7.11. The summed E-state index contributed by atoms with van der Waals surface area (Å²) < 4.78 is 39.1. The number of rotatable bonds is 0. The zero-order chi connectivity index (χ0) is 15.1. The van der Waals surface area contributed by atoms with E-state index in [1.54, 1.807) is 6.07 Å². The molecule has 0 heterocycles. The van der Waals surface area contributed by atoms with Crippen molar-refractivity contribution in [2.45, 2.75) is 49.7 Å². The van der Waals surface area contributed by atoms with Gasteiger partial charge in [0.15, 0.2) is 0 Å². The topological polar surface area (TPSA) is 26.0 Å². The summed E-state index contributed by atoms with van der Waals surface area (Å²) in [5, 5.41) is 0. The van der Waals surface area contributed by atoms with Gasteiger partial charge in [0, 0.05) is 16.4 Å². The quantitative estimate of drug-likeness (QED) is 0.760. The largest absolute Gasteiger partial charge is 0.416 e. The van der Waals surface area contributed by atoms with Crippen LogP contribution < -0.4 is 5.73 Å². The highest BCUT2D eigenvalue weighted by Crippen LogP contribution is 2.77. The molecule has 3 unspecified atom stereocenters. The number of benzene rings is 1. The summed E-state index contributed by atoms with van der Waals surface area (Å²) in [4.78, 5) is 0. The molecule has 0 spiro atoms. The van der Waals surface area contributed by atoms with Gasteiger partial charge in [0.25, 0.3) is 0 Å². The van der Waals surface area contributed by atoms with Crippen LogP contribution in [0.2, 0.25) is 0 Å². The predicted octanol–water partition coefficient (Wildman–Crippen LogP) is 4.26. The van der Waals surface area contributed by atoms with Crippen molar-refractivity contribution in [3.63, 3.8) is 0 Å². The smallest absolute Gasteiger partial charge is 0.325 e. The van der Waals surface area contributed by atoms with Gasteiger partial charge < -0.3 is 5.73 Å². The van der Waals surface area contributed by atoms with Crippen molar-refractivity contribution >= 4 is 6.08 Å². The minimum Gasteiger partial charge on any atom is -0.325 e. The third-order valence-corrected chi connectivity index (χ3v) is 6.07. The van der Waals surface area contributed by atoms with Gasteiger partial charge in [-0.05, 0) is 49.4 Å². The molecule has 112 valence electrons. The number of halogens is 3. The maximum Gasteiger partial charge on any atom is 0.416 e. The van der Waals surface area contributed by atoms with E-state index in [4.69, 9.17) is 5.73 Å². The molecule has 21 heavy (non-hydrogen) atoms. The molecule has 0 radical (unpaired) electrons. The van der Waals surface area contributed by atoms with Crippen LogP contribution in [0.5, 0.6) is 0 Å². The Bertz CT molecular complexity index is 658. The standard InChI is InChI=1S/C17H18F3N/c1-14(21)6-2-7-15-10-16(14,15)8-5-11-3-4-12(9-13(11)15)17(18,19)20/h3-5,8-9H,2,6-7,10,21H2,1H3. The molecule has 0 amide bonds. The van der Waals surface area contributed by atoms with Crippen molar-refractivity contribution in [3.05, 3.63) is 41.0 Å². The number of alkyl halides is 3. The summed E-state index contributed by atoms with van der Waals surface area (Å²) in [5.74, 6) is 0. The van der Waals surface area contributed by atoms with Crippen molar-refractivity contribution in [1.29, 1.82) is 0 Å². The molecule has 0 bridgehead atoms. The van der Waals surface area contributed by atoms with Crippen LogP contribution in [0.3, 0.4) is 0 Å². The zero-order valence-corrected chi connectivity index (χ0v) is 11.9. The third kappa shape index (κ3) is 1.47. The Morgan fingerprint density at radius 3 is 2.67 bits per heavy atom. The summed E-state index contributed by atoms with van der Waals surface area (Å²) >= 11 is 0. The first-order valence-corrected chi connectivity index (χ1v) is 7.42. The molecule has 0 aliphatic heterocycles. The molecule has 4 heteroatoms. The van der Waals surface area contributed by atoms with Crippen LogP contribution in [-0.2, 0) is 11.6 Å². The summed E-state index contributed by atoms with van der Waals surface area (Å²) in [6.07, 6.45) is 3.60. The van der Waals surface area contributed by atoms with Crippen molar-refractivity contribution in [2.75, 3.05) is 0 Å². The van der Waals surface area contributed by atoms with Gasteiger partial charge in [0.1, 0.15) is 0 Å². The molecule has 4 rings (SSSR count). The molecule has 2 fully saturated rings. The van der Waals surface area contributed by atoms with E-state index in [9.17, 15) is 13.2 Å². The van der Waals surface area contributed by atoms with E-state index in [0.29, 0.717) is 0 Å². The molecular weight excluding hydrogens is 275 g/mol. The van der Waals surface area contributed by atoms with Crippen molar-refractivity contribution in [2.24, 2.45) is 11.1 Å². The summed E-state index contributed by atoms with van der Waals surface area (Å²) in [6, 6.07) is 4.15. The van der Waals surface area contributed by atoms with Crippen LogP contribution >= 0.6 is 0 Å². The Labute approximate surface area is 122 Å². The lowest BCUT2D eigenvalue weighted by Gasteiger charge is -2.44.